The van der Waals surface area contributed by atoms with Crippen molar-refractivity contribution in [3.05, 3.63) is 71.3 Å². The van der Waals surface area contributed by atoms with E-state index in [0.717, 1.165) is 17.5 Å². The van der Waals surface area contributed by atoms with Crippen molar-refractivity contribution in [2.75, 3.05) is 13.6 Å². The fourth-order valence-electron chi connectivity index (χ4n) is 3.82. The quantitative estimate of drug-likeness (QED) is 0.593. The summed E-state index contributed by atoms with van der Waals surface area (Å²) in [5.41, 5.74) is 3.28. The Labute approximate surface area is 177 Å². The number of likely N-dealkylation sites (tertiary alicyclic amines) is 1. The maximum Gasteiger partial charge on any atom is 0.199 e. The Bertz CT molecular complexity index is 1070. The van der Waals surface area contributed by atoms with Gasteiger partial charge in [-0.2, -0.15) is 0 Å². The molecular weight excluding hydrogens is 436 g/mol. The van der Waals surface area contributed by atoms with Gasteiger partial charge in [0, 0.05) is 28.5 Å². The molecule has 0 aliphatic carbocycles. The van der Waals surface area contributed by atoms with Crippen LogP contribution in [0.15, 0.2) is 65.0 Å². The Hall–Kier alpha value is -1.89. The lowest BCUT2D eigenvalue weighted by atomic mass is 10.0. The Kier molecular flexibility index (Phi) is 6.43. The van der Waals surface area contributed by atoms with Crippen LogP contribution in [-0.4, -0.2) is 37.9 Å². The molecule has 0 bridgehead atoms. The summed E-state index contributed by atoms with van der Waals surface area (Å²) in [5, 5.41) is 2.47. The van der Waals surface area contributed by atoms with Gasteiger partial charge in [-0.15, -0.1) is 17.0 Å². The first-order valence-electron chi connectivity index (χ1n) is 9.31. The van der Waals surface area contributed by atoms with Gasteiger partial charge in [0.2, 0.25) is 0 Å². The average molecular weight is 461 g/mol. The fraction of sp³-hybridized carbons (Fsp3) is 0.273. The average Bonchev–Trinajstić information content (AvgIpc) is 3.27. The molecule has 28 heavy (non-hydrogen) atoms. The van der Waals surface area contributed by atoms with Gasteiger partial charge in [0.05, 0.1) is 4.90 Å². The molecule has 1 fully saturated rings. The second-order valence-electron chi connectivity index (χ2n) is 7.26. The molecule has 1 aliphatic rings. The van der Waals surface area contributed by atoms with Crippen molar-refractivity contribution >= 4 is 43.8 Å². The highest BCUT2D eigenvalue weighted by Gasteiger charge is 2.22. The highest BCUT2D eigenvalue weighted by atomic mass is 79.9. The van der Waals surface area contributed by atoms with Gasteiger partial charge >= 0.3 is 0 Å². The SMILES string of the molecule is Br.CN1CCC[C@@H]1Cc1c[nH]c2ccc(/C=C/S(=O)(=O)c3ccccc3)cc12. The lowest BCUT2D eigenvalue weighted by molar-refractivity contribution is 0.310. The van der Waals surface area contributed by atoms with Gasteiger partial charge in [0.25, 0.3) is 0 Å². The number of halogens is 1. The molecule has 2 heterocycles. The third kappa shape index (κ3) is 4.40. The lowest BCUT2D eigenvalue weighted by Crippen LogP contribution is -2.26. The maximum absolute atomic E-state index is 12.5. The molecule has 0 spiro atoms. The Balaban J connectivity index is 0.00000225. The highest BCUT2D eigenvalue weighted by molar-refractivity contribution is 8.93. The van der Waals surface area contributed by atoms with Crippen LogP contribution >= 0.6 is 17.0 Å². The van der Waals surface area contributed by atoms with Gasteiger partial charge in [-0.3, -0.25) is 0 Å². The molecule has 4 rings (SSSR count). The third-order valence-corrected chi connectivity index (χ3v) is 6.85. The Morgan fingerprint density at radius 3 is 2.68 bits per heavy atom. The number of benzene rings is 2. The minimum atomic E-state index is -3.43. The molecule has 0 radical (unpaired) electrons. The zero-order valence-corrected chi connectivity index (χ0v) is 18.4. The Morgan fingerprint density at radius 2 is 1.96 bits per heavy atom. The molecule has 1 aliphatic heterocycles. The predicted molar refractivity (Wildman–Crippen MR) is 121 cm³/mol. The van der Waals surface area contributed by atoms with Crippen LogP contribution in [0.4, 0.5) is 0 Å². The zero-order valence-electron chi connectivity index (χ0n) is 15.8. The van der Waals surface area contributed by atoms with Crippen LogP contribution in [0.1, 0.15) is 24.0 Å². The number of sulfone groups is 1. The molecule has 1 N–H and O–H groups in total. The topological polar surface area (TPSA) is 53.2 Å². The first-order valence-corrected chi connectivity index (χ1v) is 10.9. The number of nitrogens with one attached hydrogen (secondary N) is 1. The molecule has 6 heteroatoms. The zero-order chi connectivity index (χ0) is 18.9. The van der Waals surface area contributed by atoms with Crippen molar-refractivity contribution in [1.82, 2.24) is 9.88 Å². The van der Waals surface area contributed by atoms with Gasteiger partial charge in [-0.1, -0.05) is 24.3 Å². The van der Waals surface area contributed by atoms with E-state index in [1.807, 2.05) is 18.2 Å². The molecule has 2 aromatic carbocycles. The minimum absolute atomic E-state index is 0. The van der Waals surface area contributed by atoms with Gasteiger partial charge in [0.1, 0.15) is 0 Å². The summed E-state index contributed by atoms with van der Waals surface area (Å²) >= 11 is 0. The van der Waals surface area contributed by atoms with Crippen LogP contribution in [0, 0.1) is 0 Å². The standard InChI is InChI=1S/C22H24N2O2S.BrH/c1-24-12-5-6-19(24)15-18-16-23-22-10-9-17(14-21(18)22)11-13-27(25,26)20-7-3-2-4-8-20;/h2-4,7-11,13-14,16,19,23H,5-6,12,15H2,1H3;1H/b13-11+;/t19-;/m1./s1. The maximum atomic E-state index is 12.5. The summed E-state index contributed by atoms with van der Waals surface area (Å²) in [6, 6.07) is 15.1. The van der Waals surface area contributed by atoms with E-state index in [9.17, 15) is 8.42 Å². The first-order chi connectivity index (χ1) is 13.0. The fourth-order valence-corrected chi connectivity index (χ4v) is 4.85. The number of aromatic nitrogens is 1. The van der Waals surface area contributed by atoms with E-state index in [-0.39, 0.29) is 17.0 Å². The van der Waals surface area contributed by atoms with Gasteiger partial charge in [0.15, 0.2) is 9.84 Å². The van der Waals surface area contributed by atoms with E-state index in [4.69, 9.17) is 0 Å². The first kappa shape index (κ1) is 20.8. The Morgan fingerprint density at radius 1 is 1.18 bits per heavy atom. The van der Waals surface area contributed by atoms with Crippen molar-refractivity contribution in [3.63, 3.8) is 0 Å². The number of hydrogen-bond donors (Lipinski definition) is 1. The second kappa shape index (κ2) is 8.64. The largest absolute Gasteiger partial charge is 0.361 e. The number of hydrogen-bond acceptors (Lipinski definition) is 3. The minimum Gasteiger partial charge on any atom is -0.361 e. The number of nitrogens with zero attached hydrogens (tertiary/aromatic N) is 1. The van der Waals surface area contributed by atoms with Crippen molar-refractivity contribution in [1.29, 1.82) is 0 Å². The molecule has 1 saturated heterocycles. The van der Waals surface area contributed by atoms with E-state index < -0.39 is 9.84 Å². The summed E-state index contributed by atoms with van der Waals surface area (Å²) in [7, 11) is -1.24. The van der Waals surface area contributed by atoms with Crippen LogP contribution in [0.3, 0.4) is 0 Å². The van der Waals surface area contributed by atoms with E-state index >= 15 is 0 Å². The van der Waals surface area contributed by atoms with E-state index in [1.165, 1.54) is 35.7 Å². The molecule has 0 amide bonds. The molecule has 148 valence electrons. The van der Waals surface area contributed by atoms with Crippen molar-refractivity contribution in [3.8, 4) is 0 Å². The van der Waals surface area contributed by atoms with Crippen molar-refractivity contribution in [2.24, 2.45) is 0 Å². The van der Waals surface area contributed by atoms with Crippen LogP contribution in [0.2, 0.25) is 0 Å². The van der Waals surface area contributed by atoms with Gasteiger partial charge < -0.3 is 9.88 Å². The number of aromatic amines is 1. The monoisotopic (exact) mass is 460 g/mol. The predicted octanol–water partition coefficient (Wildman–Crippen LogP) is 4.83. The summed E-state index contributed by atoms with van der Waals surface area (Å²) in [6.45, 7) is 1.17. The number of rotatable bonds is 5. The summed E-state index contributed by atoms with van der Waals surface area (Å²) < 4.78 is 24.9. The van der Waals surface area contributed by atoms with E-state index in [2.05, 4.69) is 29.2 Å². The number of likely N-dealkylation sites (N-methyl/N-ethyl adjacent to an activating group) is 1. The number of fused-ring (bicyclic) bond motifs is 1. The summed E-state index contributed by atoms with van der Waals surface area (Å²) in [5.74, 6) is 0. The third-order valence-electron chi connectivity index (χ3n) is 5.43. The van der Waals surface area contributed by atoms with Crippen LogP contribution in [0.25, 0.3) is 17.0 Å². The smallest absolute Gasteiger partial charge is 0.199 e. The van der Waals surface area contributed by atoms with Crippen LogP contribution < -0.4 is 0 Å². The van der Waals surface area contributed by atoms with Gasteiger partial charge in [-0.05, 0) is 74.3 Å². The summed E-state index contributed by atoms with van der Waals surface area (Å²) in [6.07, 6.45) is 7.28. The van der Waals surface area contributed by atoms with Crippen molar-refractivity contribution < 1.29 is 8.42 Å². The molecule has 1 atom stereocenters. The highest BCUT2D eigenvalue weighted by Crippen LogP contribution is 2.26. The lowest BCUT2D eigenvalue weighted by Gasteiger charge is -2.18. The van der Waals surface area contributed by atoms with Crippen LogP contribution in [0.5, 0.6) is 0 Å². The molecule has 4 nitrogen and oxygen atoms in total. The summed E-state index contributed by atoms with van der Waals surface area (Å²) in [4.78, 5) is 6.08. The molecule has 1 aromatic heterocycles. The molecule has 0 saturated carbocycles. The molecular formula is C22H25BrN2O2S. The van der Waals surface area contributed by atoms with E-state index in [1.54, 1.807) is 30.3 Å². The van der Waals surface area contributed by atoms with Crippen molar-refractivity contribution in [2.45, 2.75) is 30.2 Å². The normalized spacial score (nSPS) is 18.0. The van der Waals surface area contributed by atoms with Crippen LogP contribution in [-0.2, 0) is 16.3 Å². The van der Waals surface area contributed by atoms with Gasteiger partial charge in [-0.25, -0.2) is 8.42 Å². The number of H-pyrrole nitrogens is 1. The van der Waals surface area contributed by atoms with E-state index in [0.29, 0.717) is 10.9 Å². The second-order valence-corrected chi connectivity index (χ2v) is 9.09. The molecule has 0 unspecified atom stereocenters. The molecule has 3 aromatic rings.